The van der Waals surface area contributed by atoms with Gasteiger partial charge in [-0.25, -0.2) is 4.79 Å². The van der Waals surface area contributed by atoms with Crippen molar-refractivity contribution in [2.75, 3.05) is 38.1 Å². The molecule has 2 rings (SSSR count). The fourth-order valence-electron chi connectivity index (χ4n) is 2.57. The molecule has 5 nitrogen and oxygen atoms in total. The number of aliphatic hydroxyl groups is 1. The number of hydrogen-bond acceptors (Lipinski definition) is 3. The van der Waals surface area contributed by atoms with E-state index in [9.17, 15) is 4.79 Å². The van der Waals surface area contributed by atoms with Crippen LogP contribution in [0.1, 0.15) is 18.9 Å². The maximum absolute atomic E-state index is 12.2. The Morgan fingerprint density at radius 2 is 2.05 bits per heavy atom. The van der Waals surface area contributed by atoms with E-state index in [4.69, 9.17) is 5.11 Å². The third-order valence-corrected chi connectivity index (χ3v) is 3.65. The minimum absolute atomic E-state index is 0.135. The van der Waals surface area contributed by atoms with E-state index in [0.29, 0.717) is 13.1 Å². The predicted octanol–water partition coefficient (Wildman–Crippen LogP) is 2.21. The van der Waals surface area contributed by atoms with Gasteiger partial charge >= 0.3 is 6.03 Å². The molecule has 0 aromatic heterocycles. The summed E-state index contributed by atoms with van der Waals surface area (Å²) in [5.41, 5.74) is 2.50. The van der Waals surface area contributed by atoms with Crippen molar-refractivity contribution in [2.24, 2.45) is 0 Å². The molecule has 0 fully saturated rings. The summed E-state index contributed by atoms with van der Waals surface area (Å²) in [6, 6.07) is 7.53. The van der Waals surface area contributed by atoms with Crippen LogP contribution >= 0.6 is 0 Å². The zero-order valence-electron chi connectivity index (χ0n) is 12.5. The molecule has 1 aromatic rings. The molecule has 1 aromatic carbocycles. The highest BCUT2D eigenvalue weighted by Gasteiger charge is 2.25. The first kappa shape index (κ1) is 15.5. The number of anilines is 1. The molecule has 0 unspecified atom stereocenters. The summed E-state index contributed by atoms with van der Waals surface area (Å²) in [4.78, 5) is 16.0. The number of para-hydroxylation sites is 1. The van der Waals surface area contributed by atoms with Crippen molar-refractivity contribution < 1.29 is 9.90 Å². The minimum atomic E-state index is -0.140. The molecule has 2 amide bonds. The number of nitrogens with zero attached hydrogens (tertiary/aromatic N) is 2. The smallest absolute Gasteiger partial charge is 0.326 e. The SMILES string of the molecule is C=C1c2ccccc2NC(=O)N1CCN(CCC)CCO. The van der Waals surface area contributed by atoms with Crippen LogP contribution in [0.5, 0.6) is 0 Å². The molecule has 1 heterocycles. The lowest BCUT2D eigenvalue weighted by molar-refractivity contribution is 0.183. The summed E-state index contributed by atoms with van der Waals surface area (Å²) in [7, 11) is 0. The Morgan fingerprint density at radius 1 is 1.29 bits per heavy atom. The first-order valence-electron chi connectivity index (χ1n) is 7.37. The second-order valence-electron chi connectivity index (χ2n) is 5.14. The van der Waals surface area contributed by atoms with Crippen molar-refractivity contribution in [3.63, 3.8) is 0 Å². The lowest BCUT2D eigenvalue weighted by Crippen LogP contribution is -2.42. The van der Waals surface area contributed by atoms with Crippen LogP contribution in [0.15, 0.2) is 30.8 Å². The van der Waals surface area contributed by atoms with Gasteiger partial charge in [0, 0.05) is 30.9 Å². The van der Waals surface area contributed by atoms with Crippen LogP contribution in [0.2, 0.25) is 0 Å². The zero-order valence-corrected chi connectivity index (χ0v) is 12.5. The van der Waals surface area contributed by atoms with Crippen LogP contribution in [-0.2, 0) is 0 Å². The molecule has 0 saturated carbocycles. The highest BCUT2D eigenvalue weighted by molar-refractivity contribution is 6.02. The average Bonchev–Trinajstić information content (AvgIpc) is 2.47. The summed E-state index contributed by atoms with van der Waals surface area (Å²) in [5, 5.41) is 12.0. The molecule has 1 aliphatic heterocycles. The van der Waals surface area contributed by atoms with Gasteiger partial charge in [0.15, 0.2) is 0 Å². The minimum Gasteiger partial charge on any atom is -0.395 e. The first-order chi connectivity index (χ1) is 10.2. The maximum atomic E-state index is 12.2. The summed E-state index contributed by atoms with van der Waals surface area (Å²) in [6.45, 7) is 9.13. The van der Waals surface area contributed by atoms with Gasteiger partial charge in [0.2, 0.25) is 0 Å². The number of aliphatic hydroxyl groups excluding tert-OH is 1. The van der Waals surface area contributed by atoms with Crippen LogP contribution in [-0.4, -0.2) is 53.7 Å². The predicted molar refractivity (Wildman–Crippen MR) is 85.0 cm³/mol. The Hall–Kier alpha value is -1.85. The number of fused-ring (bicyclic) bond motifs is 1. The first-order valence-corrected chi connectivity index (χ1v) is 7.37. The van der Waals surface area contributed by atoms with Crippen LogP contribution in [0.3, 0.4) is 0 Å². The Labute approximate surface area is 125 Å². The monoisotopic (exact) mass is 289 g/mol. The van der Waals surface area contributed by atoms with Gasteiger partial charge in [-0.3, -0.25) is 9.80 Å². The molecule has 0 saturated heterocycles. The number of carbonyl (C=O) groups excluding carboxylic acids is 1. The Bertz CT molecular complexity index is 510. The van der Waals surface area contributed by atoms with Gasteiger partial charge in [-0.2, -0.15) is 0 Å². The number of benzene rings is 1. The van der Waals surface area contributed by atoms with Crippen molar-refractivity contribution in [1.82, 2.24) is 9.80 Å². The second-order valence-corrected chi connectivity index (χ2v) is 5.14. The van der Waals surface area contributed by atoms with E-state index < -0.39 is 0 Å². The van der Waals surface area contributed by atoms with E-state index in [-0.39, 0.29) is 12.6 Å². The lowest BCUT2D eigenvalue weighted by atomic mass is 10.1. The van der Waals surface area contributed by atoms with E-state index in [1.807, 2.05) is 24.3 Å². The molecule has 0 bridgehead atoms. The van der Waals surface area contributed by atoms with Gasteiger partial charge in [0.1, 0.15) is 0 Å². The molecular formula is C16H23N3O2. The summed E-state index contributed by atoms with van der Waals surface area (Å²) >= 11 is 0. The quantitative estimate of drug-likeness (QED) is 0.809. The van der Waals surface area contributed by atoms with Crippen molar-refractivity contribution in [2.45, 2.75) is 13.3 Å². The topological polar surface area (TPSA) is 55.8 Å². The van der Waals surface area contributed by atoms with Crippen molar-refractivity contribution >= 4 is 17.4 Å². The molecule has 2 N–H and O–H groups in total. The fraction of sp³-hybridized carbons (Fsp3) is 0.438. The molecule has 0 aliphatic carbocycles. The van der Waals surface area contributed by atoms with Crippen LogP contribution in [0.4, 0.5) is 10.5 Å². The summed E-state index contributed by atoms with van der Waals surface area (Å²) in [5.74, 6) is 0. The molecule has 0 spiro atoms. The number of carbonyl (C=O) groups is 1. The van der Waals surface area contributed by atoms with Crippen molar-refractivity contribution in [3.8, 4) is 0 Å². The van der Waals surface area contributed by atoms with Crippen LogP contribution in [0, 0.1) is 0 Å². The van der Waals surface area contributed by atoms with E-state index in [1.165, 1.54) is 0 Å². The average molecular weight is 289 g/mol. The zero-order chi connectivity index (χ0) is 15.2. The van der Waals surface area contributed by atoms with Crippen LogP contribution in [0.25, 0.3) is 5.70 Å². The summed E-state index contributed by atoms with van der Waals surface area (Å²) < 4.78 is 0. The molecule has 114 valence electrons. The third-order valence-electron chi connectivity index (χ3n) is 3.65. The van der Waals surface area contributed by atoms with Crippen molar-refractivity contribution in [1.29, 1.82) is 0 Å². The van der Waals surface area contributed by atoms with Gasteiger partial charge < -0.3 is 10.4 Å². The van der Waals surface area contributed by atoms with E-state index in [1.54, 1.807) is 4.90 Å². The number of urea groups is 1. The fourth-order valence-corrected chi connectivity index (χ4v) is 2.57. The highest BCUT2D eigenvalue weighted by Crippen LogP contribution is 2.30. The van der Waals surface area contributed by atoms with Crippen LogP contribution < -0.4 is 5.32 Å². The Kier molecular flexibility index (Phi) is 5.36. The van der Waals surface area contributed by atoms with Crippen molar-refractivity contribution in [3.05, 3.63) is 36.4 Å². The van der Waals surface area contributed by atoms with Gasteiger partial charge in [0.25, 0.3) is 0 Å². The number of amides is 2. The largest absolute Gasteiger partial charge is 0.395 e. The van der Waals surface area contributed by atoms with E-state index in [2.05, 4.69) is 23.7 Å². The van der Waals surface area contributed by atoms with Gasteiger partial charge in [-0.1, -0.05) is 31.7 Å². The van der Waals surface area contributed by atoms with E-state index >= 15 is 0 Å². The standard InChI is InChI=1S/C16H23N3O2/c1-3-8-18(11-12-20)9-10-19-13(2)14-6-4-5-7-15(14)17-16(19)21/h4-7,20H,2-3,8-12H2,1H3,(H,17,21). The third kappa shape index (κ3) is 3.62. The molecular weight excluding hydrogens is 266 g/mol. The van der Waals surface area contributed by atoms with Gasteiger partial charge in [-0.15, -0.1) is 0 Å². The molecule has 1 aliphatic rings. The number of hydrogen-bond donors (Lipinski definition) is 2. The normalized spacial score (nSPS) is 14.3. The maximum Gasteiger partial charge on any atom is 0.326 e. The Morgan fingerprint density at radius 3 is 2.76 bits per heavy atom. The lowest BCUT2D eigenvalue weighted by Gasteiger charge is -2.33. The molecule has 0 atom stereocenters. The second kappa shape index (κ2) is 7.24. The van der Waals surface area contributed by atoms with Gasteiger partial charge in [0.05, 0.1) is 12.3 Å². The molecule has 5 heteroatoms. The number of nitrogens with one attached hydrogen (secondary N) is 1. The van der Waals surface area contributed by atoms with E-state index in [0.717, 1.165) is 36.5 Å². The highest BCUT2D eigenvalue weighted by atomic mass is 16.3. The Balaban J connectivity index is 2.03. The molecule has 0 radical (unpaired) electrons. The molecule has 21 heavy (non-hydrogen) atoms. The van der Waals surface area contributed by atoms with Gasteiger partial charge in [-0.05, 0) is 19.0 Å². The number of rotatable bonds is 7. The summed E-state index contributed by atoms with van der Waals surface area (Å²) in [6.07, 6.45) is 1.02.